The maximum atomic E-state index is 12.0. The zero-order valence-corrected chi connectivity index (χ0v) is 10.8. The van der Waals surface area contributed by atoms with Gasteiger partial charge in [0.25, 0.3) is 5.91 Å². The first-order valence-electron chi connectivity index (χ1n) is 5.52. The Balaban J connectivity index is 2.55. The molecule has 1 fully saturated rings. The van der Waals surface area contributed by atoms with Crippen molar-refractivity contribution in [1.82, 2.24) is 0 Å². The van der Waals surface area contributed by atoms with Crippen LogP contribution in [0.4, 0.5) is 5.69 Å². The molecule has 3 nitrogen and oxygen atoms in total. The van der Waals surface area contributed by atoms with Crippen LogP contribution in [-0.4, -0.2) is 23.1 Å². The van der Waals surface area contributed by atoms with Crippen LogP contribution in [0.15, 0.2) is 18.2 Å². The van der Waals surface area contributed by atoms with Gasteiger partial charge in [-0.3, -0.25) is 14.5 Å². The molecule has 1 amide bonds. The van der Waals surface area contributed by atoms with Crippen molar-refractivity contribution in [2.75, 3.05) is 4.90 Å². The quantitative estimate of drug-likeness (QED) is 0.567. The van der Waals surface area contributed by atoms with E-state index in [1.54, 1.807) is 6.92 Å². The average molecular weight is 252 g/mol. The van der Waals surface area contributed by atoms with Crippen LogP contribution in [0.5, 0.6) is 0 Å². The number of ketones is 1. The van der Waals surface area contributed by atoms with Crippen molar-refractivity contribution in [1.29, 1.82) is 0 Å². The van der Waals surface area contributed by atoms with Crippen molar-refractivity contribution in [2.24, 2.45) is 0 Å². The summed E-state index contributed by atoms with van der Waals surface area (Å²) in [6.07, 6.45) is 0. The minimum atomic E-state index is -1.04. The number of aryl methyl sites for hydroxylation is 2. The number of anilines is 1. The molecule has 0 aromatic heterocycles. The molecule has 0 aliphatic carbocycles. The molecule has 17 heavy (non-hydrogen) atoms. The molecular weight excluding hydrogens is 238 g/mol. The van der Waals surface area contributed by atoms with Gasteiger partial charge < -0.3 is 0 Å². The molecule has 4 heteroatoms. The number of hydrogen-bond acceptors (Lipinski definition) is 2. The van der Waals surface area contributed by atoms with Gasteiger partial charge in [0, 0.05) is 0 Å². The second-order valence-electron chi connectivity index (χ2n) is 4.39. The monoisotopic (exact) mass is 251 g/mol. The summed E-state index contributed by atoms with van der Waals surface area (Å²) in [5.41, 5.74) is 2.76. The van der Waals surface area contributed by atoms with E-state index >= 15 is 0 Å². The number of para-hydroxylation sites is 1. The minimum absolute atomic E-state index is 0.223. The number of rotatable bonds is 1. The number of alkyl halides is 1. The largest absolute Gasteiger partial charge is 0.300 e. The molecule has 90 valence electrons. The lowest BCUT2D eigenvalue weighted by Gasteiger charge is -2.24. The maximum Gasteiger partial charge on any atom is 0.253 e. The molecule has 0 N–H and O–H groups in total. The lowest BCUT2D eigenvalue weighted by Crippen LogP contribution is -2.34. The minimum Gasteiger partial charge on any atom is -0.300 e. The lowest BCUT2D eigenvalue weighted by atomic mass is 10.1. The Kier molecular flexibility index (Phi) is 2.96. The Morgan fingerprint density at radius 1 is 1.18 bits per heavy atom. The summed E-state index contributed by atoms with van der Waals surface area (Å²) in [4.78, 5) is 25.3. The van der Waals surface area contributed by atoms with Gasteiger partial charge in [-0.25, -0.2) is 0 Å². The first-order chi connectivity index (χ1) is 7.95. The van der Waals surface area contributed by atoms with E-state index in [1.165, 1.54) is 4.90 Å². The van der Waals surface area contributed by atoms with Crippen LogP contribution in [0.3, 0.4) is 0 Å². The molecular formula is C13H14ClNO2. The highest BCUT2D eigenvalue weighted by molar-refractivity contribution is 6.47. The summed E-state index contributed by atoms with van der Waals surface area (Å²) in [7, 11) is 0. The van der Waals surface area contributed by atoms with Crippen molar-refractivity contribution in [3.63, 3.8) is 0 Å². The van der Waals surface area contributed by atoms with E-state index in [-0.39, 0.29) is 11.7 Å². The molecule has 2 rings (SSSR count). The van der Waals surface area contributed by atoms with Crippen LogP contribution in [0.25, 0.3) is 0 Å². The molecule has 0 saturated carbocycles. The summed E-state index contributed by atoms with van der Waals surface area (Å²) in [6, 6.07) is 5.30. The summed E-state index contributed by atoms with van der Waals surface area (Å²) < 4.78 is 0. The Morgan fingerprint density at radius 2 is 1.71 bits per heavy atom. The zero-order chi connectivity index (χ0) is 12.7. The number of benzene rings is 1. The number of amides is 1. The predicted octanol–water partition coefficient (Wildman–Crippen LogP) is 2.22. The fourth-order valence-corrected chi connectivity index (χ4v) is 2.55. The fraction of sp³-hybridized carbons (Fsp3) is 0.385. The van der Waals surface area contributed by atoms with Crippen molar-refractivity contribution >= 4 is 29.0 Å². The van der Waals surface area contributed by atoms with E-state index < -0.39 is 11.4 Å². The lowest BCUT2D eigenvalue weighted by molar-refractivity contribution is -0.121. The number of nitrogens with zero attached hydrogens (tertiary/aromatic N) is 1. The highest BCUT2D eigenvalue weighted by Crippen LogP contribution is 2.32. The zero-order valence-electron chi connectivity index (χ0n) is 10.0. The number of carbonyl (C=O) groups excluding carboxylic acids is 2. The Morgan fingerprint density at radius 3 is 2.12 bits per heavy atom. The molecule has 1 aromatic rings. The Bertz CT molecular complexity index is 478. The van der Waals surface area contributed by atoms with E-state index in [4.69, 9.17) is 11.6 Å². The first-order valence-corrected chi connectivity index (χ1v) is 5.96. The third-order valence-electron chi connectivity index (χ3n) is 3.18. The summed E-state index contributed by atoms with van der Waals surface area (Å²) in [5, 5.41) is -1.04. The van der Waals surface area contributed by atoms with E-state index in [1.807, 2.05) is 32.0 Å². The number of carbonyl (C=O) groups is 2. The molecule has 2 atom stereocenters. The average Bonchev–Trinajstić information content (AvgIpc) is 2.46. The number of hydrogen-bond donors (Lipinski definition) is 0. The van der Waals surface area contributed by atoms with Gasteiger partial charge in [-0.2, -0.15) is 0 Å². The van der Waals surface area contributed by atoms with Gasteiger partial charge in [0.1, 0.15) is 0 Å². The van der Waals surface area contributed by atoms with Crippen molar-refractivity contribution in [2.45, 2.75) is 32.2 Å². The van der Waals surface area contributed by atoms with Crippen molar-refractivity contribution in [3.05, 3.63) is 29.3 Å². The predicted molar refractivity (Wildman–Crippen MR) is 67.5 cm³/mol. The fourth-order valence-electron chi connectivity index (χ4n) is 2.26. The van der Waals surface area contributed by atoms with E-state index in [0.29, 0.717) is 0 Å². The molecule has 0 bridgehead atoms. The van der Waals surface area contributed by atoms with Gasteiger partial charge >= 0.3 is 0 Å². The smallest absolute Gasteiger partial charge is 0.253 e. The summed E-state index contributed by atoms with van der Waals surface area (Å²) in [6.45, 7) is 5.57. The standard InChI is InChI=1S/C13H14ClNO2/c1-7-5-4-6-8(2)11(7)15-9(3)12(16)10(14)13(15)17/h4-6,9-10H,1-3H3. The second kappa shape index (κ2) is 4.15. The van der Waals surface area contributed by atoms with E-state index in [0.717, 1.165) is 16.8 Å². The molecule has 0 radical (unpaired) electrons. The van der Waals surface area contributed by atoms with Crippen LogP contribution in [0.2, 0.25) is 0 Å². The summed E-state index contributed by atoms with van der Waals surface area (Å²) >= 11 is 5.82. The third kappa shape index (κ3) is 1.75. The van der Waals surface area contributed by atoms with Crippen molar-refractivity contribution < 1.29 is 9.59 Å². The van der Waals surface area contributed by atoms with E-state index in [2.05, 4.69) is 0 Å². The number of Topliss-reactive ketones (excluding diaryl/α,β-unsaturated/α-hetero) is 1. The normalized spacial score (nSPS) is 24.6. The molecule has 2 unspecified atom stereocenters. The van der Waals surface area contributed by atoms with Crippen LogP contribution in [0, 0.1) is 13.8 Å². The Hall–Kier alpha value is -1.35. The molecule has 1 aromatic carbocycles. The molecule has 1 aliphatic rings. The van der Waals surface area contributed by atoms with Gasteiger partial charge in [-0.05, 0) is 31.9 Å². The van der Waals surface area contributed by atoms with Gasteiger partial charge in [-0.1, -0.05) is 18.2 Å². The number of halogens is 1. The topological polar surface area (TPSA) is 37.4 Å². The van der Waals surface area contributed by atoms with Crippen LogP contribution in [-0.2, 0) is 9.59 Å². The van der Waals surface area contributed by atoms with Gasteiger partial charge in [-0.15, -0.1) is 11.6 Å². The highest BCUT2D eigenvalue weighted by atomic mass is 35.5. The second-order valence-corrected chi connectivity index (χ2v) is 4.83. The highest BCUT2D eigenvalue weighted by Gasteiger charge is 2.45. The maximum absolute atomic E-state index is 12.0. The first kappa shape index (κ1) is 12.1. The van der Waals surface area contributed by atoms with Gasteiger partial charge in [0.15, 0.2) is 11.2 Å². The molecule has 1 aliphatic heterocycles. The molecule has 0 spiro atoms. The van der Waals surface area contributed by atoms with Crippen LogP contribution in [0.1, 0.15) is 18.1 Å². The Labute approximate surface area is 105 Å². The SMILES string of the molecule is Cc1cccc(C)c1N1C(=O)C(Cl)C(=O)C1C. The van der Waals surface area contributed by atoms with Crippen LogP contribution >= 0.6 is 11.6 Å². The third-order valence-corrected chi connectivity index (χ3v) is 3.59. The van der Waals surface area contributed by atoms with Gasteiger partial charge in [0.2, 0.25) is 0 Å². The van der Waals surface area contributed by atoms with Gasteiger partial charge in [0.05, 0.1) is 11.7 Å². The molecule has 1 heterocycles. The van der Waals surface area contributed by atoms with Crippen LogP contribution < -0.4 is 4.90 Å². The van der Waals surface area contributed by atoms with Crippen molar-refractivity contribution in [3.8, 4) is 0 Å². The summed E-state index contributed by atoms with van der Waals surface area (Å²) in [5.74, 6) is -0.541. The van der Waals surface area contributed by atoms with E-state index in [9.17, 15) is 9.59 Å². The molecule has 1 saturated heterocycles.